The third-order valence-electron chi connectivity index (χ3n) is 2.13. The molecule has 1 aliphatic rings. The zero-order valence-electron chi connectivity index (χ0n) is 6.79. The fraction of sp³-hybridized carbons (Fsp3) is 1.00. The van der Waals surface area contributed by atoms with E-state index >= 15 is 0 Å². The van der Waals surface area contributed by atoms with Crippen molar-refractivity contribution in [1.82, 2.24) is 0 Å². The summed E-state index contributed by atoms with van der Waals surface area (Å²) >= 11 is 0. The van der Waals surface area contributed by atoms with E-state index in [9.17, 15) is 15.3 Å². The molecule has 0 aromatic carbocycles. The summed E-state index contributed by atoms with van der Waals surface area (Å²) in [5.74, 6) is 0. The van der Waals surface area contributed by atoms with E-state index in [0.717, 1.165) is 0 Å². The molecule has 1 aliphatic heterocycles. The minimum absolute atomic E-state index is 0.366. The molecule has 0 aromatic heterocycles. The van der Waals surface area contributed by atoms with Gasteiger partial charge < -0.3 is 25.2 Å². The third kappa shape index (κ3) is 1.60. The Kier molecular flexibility index (Phi) is 3.03. The van der Waals surface area contributed by atoms with Crippen LogP contribution in [0.5, 0.6) is 0 Å². The summed E-state index contributed by atoms with van der Waals surface area (Å²) in [5.41, 5.74) is 0. The summed E-state index contributed by atoms with van der Waals surface area (Å²) in [4.78, 5) is 0. The minimum Gasteiger partial charge on any atom is -0.394 e. The van der Waals surface area contributed by atoms with Gasteiger partial charge in [-0.25, -0.2) is 0 Å². The second-order valence-corrected chi connectivity index (χ2v) is 3.03. The van der Waals surface area contributed by atoms with Crippen LogP contribution in [0.25, 0.3) is 0 Å². The number of ether oxygens (including phenoxy) is 1. The lowest BCUT2D eigenvalue weighted by atomic mass is 9.96. The first-order chi connectivity index (χ1) is 5.57. The lowest BCUT2D eigenvalue weighted by Gasteiger charge is -2.38. The summed E-state index contributed by atoms with van der Waals surface area (Å²) in [5, 5.41) is 36.4. The summed E-state index contributed by atoms with van der Waals surface area (Å²) < 4.78 is 5.02. The molecule has 1 fully saturated rings. The van der Waals surface area contributed by atoms with Crippen molar-refractivity contribution < 1.29 is 25.2 Å². The van der Waals surface area contributed by atoms with Crippen LogP contribution in [0.15, 0.2) is 0 Å². The summed E-state index contributed by atoms with van der Waals surface area (Å²) in [7, 11) is 0. The first kappa shape index (κ1) is 9.88. The van der Waals surface area contributed by atoms with Gasteiger partial charge in [0.15, 0.2) is 0 Å². The van der Waals surface area contributed by atoms with Gasteiger partial charge in [0.05, 0.1) is 12.7 Å². The number of rotatable bonds is 1. The summed E-state index contributed by atoms with van der Waals surface area (Å²) in [6, 6.07) is 0. The van der Waals surface area contributed by atoms with Crippen LogP contribution in [0.1, 0.15) is 6.92 Å². The Bertz CT molecular complexity index is 146. The number of aliphatic hydroxyl groups excluding tert-OH is 4. The molecule has 4 N–H and O–H groups in total. The first-order valence-electron chi connectivity index (χ1n) is 3.88. The van der Waals surface area contributed by atoms with Crippen LogP contribution in [0, 0.1) is 0 Å². The average molecular weight is 178 g/mol. The molecule has 12 heavy (non-hydrogen) atoms. The van der Waals surface area contributed by atoms with E-state index in [0.29, 0.717) is 0 Å². The second kappa shape index (κ2) is 3.68. The highest BCUT2D eigenvalue weighted by molar-refractivity contribution is 4.89. The third-order valence-corrected chi connectivity index (χ3v) is 2.13. The van der Waals surface area contributed by atoms with Gasteiger partial charge in [0, 0.05) is 0 Å². The molecule has 1 heterocycles. The normalized spacial score (nSPS) is 49.2. The number of aliphatic hydroxyl groups is 4. The molecule has 0 aromatic rings. The average Bonchev–Trinajstić information content (AvgIpc) is 2.08. The maximum absolute atomic E-state index is 9.23. The van der Waals surface area contributed by atoms with E-state index in [-0.39, 0.29) is 6.61 Å². The van der Waals surface area contributed by atoms with Gasteiger partial charge in [0.2, 0.25) is 0 Å². The van der Waals surface area contributed by atoms with E-state index in [2.05, 4.69) is 0 Å². The van der Waals surface area contributed by atoms with E-state index < -0.39 is 30.5 Å². The largest absolute Gasteiger partial charge is 0.394 e. The fourth-order valence-electron chi connectivity index (χ4n) is 1.29. The number of hydrogen-bond acceptors (Lipinski definition) is 5. The van der Waals surface area contributed by atoms with Crippen molar-refractivity contribution in [2.75, 3.05) is 6.61 Å². The lowest BCUT2D eigenvalue weighted by Crippen LogP contribution is -2.57. The van der Waals surface area contributed by atoms with E-state index in [4.69, 9.17) is 9.84 Å². The Morgan fingerprint density at radius 2 is 1.67 bits per heavy atom. The molecule has 1 rings (SSSR count). The molecule has 0 aliphatic carbocycles. The molecule has 72 valence electrons. The topological polar surface area (TPSA) is 90.2 Å². The van der Waals surface area contributed by atoms with Crippen molar-refractivity contribution >= 4 is 0 Å². The maximum Gasteiger partial charge on any atom is 0.111 e. The first-order valence-corrected chi connectivity index (χ1v) is 3.88. The van der Waals surface area contributed by atoms with Crippen molar-refractivity contribution in [3.63, 3.8) is 0 Å². The smallest absolute Gasteiger partial charge is 0.111 e. The zero-order valence-corrected chi connectivity index (χ0v) is 6.79. The van der Waals surface area contributed by atoms with Crippen LogP contribution in [0.3, 0.4) is 0 Å². The zero-order chi connectivity index (χ0) is 9.30. The maximum atomic E-state index is 9.23. The fourth-order valence-corrected chi connectivity index (χ4v) is 1.29. The van der Waals surface area contributed by atoms with Gasteiger partial charge in [-0.05, 0) is 6.92 Å². The Labute approximate surface area is 70.2 Å². The van der Waals surface area contributed by atoms with Gasteiger partial charge in [0.25, 0.3) is 0 Å². The standard InChI is InChI=1S/C7H14O5/c1-3-5(9)7(11)6(10)4(2-8)12-3/h3-11H,2H2,1H3/t3-,4?,5?,6-,7?/m1/s1. The van der Waals surface area contributed by atoms with Crippen LogP contribution in [0.4, 0.5) is 0 Å². The molecule has 0 amide bonds. The Balaban J connectivity index is 2.63. The molecule has 5 nitrogen and oxygen atoms in total. The second-order valence-electron chi connectivity index (χ2n) is 3.03. The van der Waals surface area contributed by atoms with Gasteiger partial charge in [-0.3, -0.25) is 0 Å². The molecule has 0 spiro atoms. The molecule has 5 heteroatoms. The molecule has 0 saturated carbocycles. The van der Waals surface area contributed by atoms with Gasteiger partial charge in [-0.2, -0.15) is 0 Å². The van der Waals surface area contributed by atoms with Crippen molar-refractivity contribution in [3.8, 4) is 0 Å². The molecular weight excluding hydrogens is 164 g/mol. The number of hydrogen-bond donors (Lipinski definition) is 4. The van der Waals surface area contributed by atoms with E-state index in [1.165, 1.54) is 0 Å². The van der Waals surface area contributed by atoms with E-state index in [1.807, 2.05) is 0 Å². The Morgan fingerprint density at radius 3 is 2.17 bits per heavy atom. The van der Waals surface area contributed by atoms with Gasteiger partial charge >= 0.3 is 0 Å². The molecule has 0 radical (unpaired) electrons. The monoisotopic (exact) mass is 178 g/mol. The minimum atomic E-state index is -1.24. The van der Waals surface area contributed by atoms with Crippen molar-refractivity contribution in [2.24, 2.45) is 0 Å². The highest BCUT2D eigenvalue weighted by Crippen LogP contribution is 2.20. The molecule has 0 bridgehead atoms. The van der Waals surface area contributed by atoms with Crippen LogP contribution >= 0.6 is 0 Å². The highest BCUT2D eigenvalue weighted by atomic mass is 16.5. The summed E-state index contributed by atoms with van der Waals surface area (Å²) in [6.07, 6.45) is -4.94. The lowest BCUT2D eigenvalue weighted by molar-refractivity contribution is -0.224. The van der Waals surface area contributed by atoms with Crippen LogP contribution in [-0.4, -0.2) is 57.6 Å². The molecule has 3 unspecified atom stereocenters. The molecule has 1 saturated heterocycles. The SMILES string of the molecule is C[C@H]1OC(CO)[C@@H](O)C(O)C1O. The quantitative estimate of drug-likeness (QED) is 0.367. The van der Waals surface area contributed by atoms with Gasteiger partial charge in [-0.15, -0.1) is 0 Å². The van der Waals surface area contributed by atoms with Crippen LogP contribution < -0.4 is 0 Å². The predicted octanol–water partition coefficient (Wildman–Crippen LogP) is -2.15. The van der Waals surface area contributed by atoms with Crippen LogP contribution in [0.2, 0.25) is 0 Å². The predicted molar refractivity (Wildman–Crippen MR) is 39.4 cm³/mol. The Hall–Kier alpha value is -0.200. The van der Waals surface area contributed by atoms with E-state index in [1.54, 1.807) is 6.92 Å². The van der Waals surface area contributed by atoms with Crippen LogP contribution in [-0.2, 0) is 4.74 Å². The summed E-state index contributed by atoms with van der Waals surface area (Å²) in [6.45, 7) is 1.21. The van der Waals surface area contributed by atoms with Gasteiger partial charge in [0.1, 0.15) is 24.4 Å². The van der Waals surface area contributed by atoms with Crippen molar-refractivity contribution in [3.05, 3.63) is 0 Å². The van der Waals surface area contributed by atoms with Crippen molar-refractivity contribution in [2.45, 2.75) is 37.4 Å². The highest BCUT2D eigenvalue weighted by Gasteiger charge is 2.41. The van der Waals surface area contributed by atoms with Gasteiger partial charge in [-0.1, -0.05) is 0 Å². The molecule has 5 atom stereocenters. The van der Waals surface area contributed by atoms with Crippen molar-refractivity contribution in [1.29, 1.82) is 0 Å². The molecular formula is C7H14O5. The Morgan fingerprint density at radius 1 is 1.08 bits per heavy atom.